The molecule has 1 aromatic heterocycles. The van der Waals surface area contributed by atoms with Crippen LogP contribution in [0.15, 0.2) is 48.7 Å². The van der Waals surface area contributed by atoms with Crippen molar-refractivity contribution in [2.75, 3.05) is 19.6 Å². The topological polar surface area (TPSA) is 97.6 Å². The lowest BCUT2D eigenvalue weighted by atomic mass is 10.1. The maximum Gasteiger partial charge on any atom is 0.269 e. The Morgan fingerprint density at radius 3 is 2.70 bits per heavy atom. The van der Waals surface area contributed by atoms with Crippen molar-refractivity contribution in [2.45, 2.75) is 56.3 Å². The first kappa shape index (κ1) is 25.1. The first-order valence-corrected chi connectivity index (χ1v) is 12.6. The highest BCUT2D eigenvalue weighted by molar-refractivity contribution is 8.01. The maximum atomic E-state index is 12.4. The molecule has 1 saturated heterocycles. The number of benzene rings is 1. The number of carbonyl (C=O) groups is 2. The van der Waals surface area contributed by atoms with Gasteiger partial charge in [0.05, 0.1) is 0 Å². The minimum atomic E-state index is -0.835. The largest absolute Gasteiger partial charge is 0.470 e. The fourth-order valence-electron chi connectivity index (χ4n) is 3.88. The van der Waals surface area contributed by atoms with E-state index in [4.69, 9.17) is 10.5 Å². The van der Waals surface area contributed by atoms with E-state index in [0.717, 1.165) is 38.0 Å². The zero-order valence-corrected chi connectivity index (χ0v) is 20.1. The van der Waals surface area contributed by atoms with Crippen LogP contribution < -0.4 is 15.8 Å². The minimum absolute atomic E-state index is 0.0169. The Bertz CT molecular complexity index is 890. The second-order valence-electron chi connectivity index (χ2n) is 8.31. The van der Waals surface area contributed by atoms with Crippen molar-refractivity contribution >= 4 is 23.6 Å². The predicted octanol–water partition coefficient (Wildman–Crippen LogP) is 3.59. The molecule has 2 atom stereocenters. The first-order valence-electron chi connectivity index (χ1n) is 11.7. The Balaban J connectivity index is 1.59. The van der Waals surface area contributed by atoms with Crippen LogP contribution in [0.1, 0.15) is 55.1 Å². The number of thioether (sulfide) groups is 1. The summed E-state index contributed by atoms with van der Waals surface area (Å²) in [6, 6.07) is 13.1. The summed E-state index contributed by atoms with van der Waals surface area (Å²) in [5.41, 5.74) is 6.37. The van der Waals surface area contributed by atoms with E-state index < -0.39 is 11.3 Å². The summed E-state index contributed by atoms with van der Waals surface area (Å²) in [7, 11) is 0. The molecule has 1 aromatic carbocycles. The molecule has 0 aliphatic carbocycles. The molecule has 2 aromatic rings. The van der Waals surface area contributed by atoms with Gasteiger partial charge in [0, 0.05) is 24.5 Å². The lowest BCUT2D eigenvalue weighted by Crippen LogP contribution is -2.37. The van der Waals surface area contributed by atoms with E-state index >= 15 is 0 Å². The molecule has 1 aliphatic rings. The van der Waals surface area contributed by atoms with Crippen LogP contribution in [0, 0.1) is 0 Å². The van der Waals surface area contributed by atoms with E-state index in [1.54, 1.807) is 24.4 Å². The van der Waals surface area contributed by atoms with Gasteiger partial charge in [0.15, 0.2) is 0 Å². The number of piperidine rings is 1. The SMILES string of the molecule is CCCC(CNC(=O)c1ccccn1)SC(Oc1cccc(CN2CCCCC2)c1)C(N)=O. The molecule has 7 nitrogen and oxygen atoms in total. The summed E-state index contributed by atoms with van der Waals surface area (Å²) in [6.07, 6.45) is 7.10. The van der Waals surface area contributed by atoms with E-state index in [1.165, 1.54) is 31.0 Å². The molecule has 0 radical (unpaired) electrons. The van der Waals surface area contributed by atoms with Gasteiger partial charge in [0.1, 0.15) is 11.4 Å². The summed E-state index contributed by atoms with van der Waals surface area (Å²) in [5, 5.41) is 2.89. The monoisotopic (exact) mass is 470 g/mol. The Hall–Kier alpha value is -2.58. The van der Waals surface area contributed by atoms with Gasteiger partial charge in [-0.3, -0.25) is 19.5 Å². The molecule has 3 rings (SSSR count). The van der Waals surface area contributed by atoms with Crippen molar-refractivity contribution in [1.29, 1.82) is 0 Å². The van der Waals surface area contributed by atoms with Gasteiger partial charge in [-0.05, 0) is 62.2 Å². The Kier molecular flexibility index (Phi) is 10.0. The number of ether oxygens (including phenoxy) is 1. The second-order valence-corrected chi connectivity index (χ2v) is 9.68. The third-order valence-corrected chi connectivity index (χ3v) is 6.91. The standard InChI is InChI=1S/C25H34N4O3S/c1-2-9-21(17-28-24(31)22-12-4-5-13-27-22)33-25(23(26)30)32-20-11-8-10-19(16-20)18-29-14-6-3-7-15-29/h4-5,8,10-13,16,21,25H,2-3,6-7,9,14-15,17-18H2,1H3,(H2,26,30)(H,28,31). The van der Waals surface area contributed by atoms with Gasteiger partial charge >= 0.3 is 0 Å². The van der Waals surface area contributed by atoms with Crippen LogP contribution >= 0.6 is 11.8 Å². The number of likely N-dealkylation sites (tertiary alicyclic amines) is 1. The fourth-order valence-corrected chi connectivity index (χ4v) is 5.08. The summed E-state index contributed by atoms with van der Waals surface area (Å²) in [5.74, 6) is -0.133. The van der Waals surface area contributed by atoms with Gasteiger partial charge in [-0.25, -0.2) is 0 Å². The number of amides is 2. The molecule has 1 aliphatic heterocycles. The molecule has 2 heterocycles. The fraction of sp³-hybridized carbons (Fsp3) is 0.480. The highest BCUT2D eigenvalue weighted by atomic mass is 32.2. The lowest BCUT2D eigenvalue weighted by molar-refractivity contribution is -0.121. The molecule has 33 heavy (non-hydrogen) atoms. The van der Waals surface area contributed by atoms with E-state index in [1.807, 2.05) is 18.2 Å². The van der Waals surface area contributed by atoms with Gasteiger partial charge in [0.25, 0.3) is 11.8 Å². The van der Waals surface area contributed by atoms with E-state index in [2.05, 4.69) is 28.2 Å². The zero-order valence-electron chi connectivity index (χ0n) is 19.2. The summed E-state index contributed by atoms with van der Waals surface area (Å²) < 4.78 is 6.02. The molecule has 1 fully saturated rings. The van der Waals surface area contributed by atoms with E-state index in [9.17, 15) is 9.59 Å². The number of aromatic nitrogens is 1. The number of nitrogens with zero attached hydrogens (tertiary/aromatic N) is 2. The molecular formula is C25H34N4O3S. The van der Waals surface area contributed by atoms with Gasteiger partial charge in [-0.2, -0.15) is 0 Å². The van der Waals surface area contributed by atoms with Crippen LogP contribution in [0.5, 0.6) is 5.75 Å². The number of nitrogens with one attached hydrogen (secondary N) is 1. The normalized spacial score (nSPS) is 16.0. The average molecular weight is 471 g/mol. The van der Waals surface area contributed by atoms with Gasteiger partial charge in [-0.15, -0.1) is 11.8 Å². The third-order valence-electron chi connectivity index (χ3n) is 5.54. The van der Waals surface area contributed by atoms with Crippen LogP contribution in [-0.2, 0) is 11.3 Å². The molecular weight excluding hydrogens is 436 g/mol. The Labute approximate surface area is 200 Å². The third kappa shape index (κ3) is 8.37. The summed E-state index contributed by atoms with van der Waals surface area (Å²) in [6.45, 7) is 5.58. The van der Waals surface area contributed by atoms with Crippen LogP contribution in [0.4, 0.5) is 0 Å². The van der Waals surface area contributed by atoms with Gasteiger partial charge < -0.3 is 15.8 Å². The first-order chi connectivity index (χ1) is 16.0. The summed E-state index contributed by atoms with van der Waals surface area (Å²) in [4.78, 5) is 31.1. The number of primary amides is 1. The lowest BCUT2D eigenvalue weighted by Gasteiger charge is -2.26. The highest BCUT2D eigenvalue weighted by Gasteiger charge is 2.24. The molecule has 3 N–H and O–H groups in total. The molecule has 2 amide bonds. The van der Waals surface area contributed by atoms with Crippen molar-refractivity contribution in [3.63, 3.8) is 0 Å². The minimum Gasteiger partial charge on any atom is -0.470 e. The number of nitrogens with two attached hydrogens (primary N) is 1. The van der Waals surface area contributed by atoms with Crippen LogP contribution in [0.25, 0.3) is 0 Å². The average Bonchev–Trinajstić information content (AvgIpc) is 2.83. The molecule has 8 heteroatoms. The van der Waals surface area contributed by atoms with E-state index in [-0.39, 0.29) is 11.2 Å². The molecule has 2 unspecified atom stereocenters. The van der Waals surface area contributed by atoms with E-state index in [0.29, 0.717) is 18.0 Å². The van der Waals surface area contributed by atoms with Crippen molar-refractivity contribution in [1.82, 2.24) is 15.2 Å². The Morgan fingerprint density at radius 2 is 2.00 bits per heavy atom. The number of hydrogen-bond donors (Lipinski definition) is 2. The quantitative estimate of drug-likeness (QED) is 0.460. The molecule has 0 saturated carbocycles. The van der Waals surface area contributed by atoms with Gasteiger partial charge in [0.2, 0.25) is 5.44 Å². The van der Waals surface area contributed by atoms with Crippen LogP contribution in [-0.4, -0.2) is 52.0 Å². The van der Waals surface area contributed by atoms with Crippen molar-refractivity contribution in [3.8, 4) is 5.75 Å². The predicted molar refractivity (Wildman–Crippen MR) is 132 cm³/mol. The van der Waals surface area contributed by atoms with Crippen molar-refractivity contribution in [3.05, 3.63) is 59.9 Å². The maximum absolute atomic E-state index is 12.4. The number of carbonyl (C=O) groups excluding carboxylic acids is 2. The number of rotatable bonds is 12. The number of hydrogen-bond acceptors (Lipinski definition) is 6. The smallest absolute Gasteiger partial charge is 0.269 e. The second kappa shape index (κ2) is 13.2. The van der Waals surface area contributed by atoms with Crippen molar-refractivity contribution < 1.29 is 14.3 Å². The van der Waals surface area contributed by atoms with Crippen LogP contribution in [0.3, 0.4) is 0 Å². The highest BCUT2D eigenvalue weighted by Crippen LogP contribution is 2.26. The van der Waals surface area contributed by atoms with Crippen LogP contribution in [0.2, 0.25) is 0 Å². The zero-order chi connectivity index (χ0) is 23.5. The molecule has 178 valence electrons. The number of pyridine rings is 1. The van der Waals surface area contributed by atoms with Crippen molar-refractivity contribution in [2.24, 2.45) is 5.73 Å². The Morgan fingerprint density at radius 1 is 1.18 bits per heavy atom. The molecule has 0 spiro atoms. The summed E-state index contributed by atoms with van der Waals surface area (Å²) >= 11 is 1.35. The molecule has 0 bridgehead atoms. The van der Waals surface area contributed by atoms with Gasteiger partial charge in [-0.1, -0.05) is 38.0 Å².